The highest BCUT2D eigenvalue weighted by atomic mass is 16.5. The van der Waals surface area contributed by atoms with Gasteiger partial charge in [0.05, 0.1) is 12.7 Å². The highest BCUT2D eigenvalue weighted by Gasteiger charge is 2.18. The fourth-order valence-electron chi connectivity index (χ4n) is 2.29. The number of hydrogen-bond acceptors (Lipinski definition) is 3. The van der Waals surface area contributed by atoms with Gasteiger partial charge in [0.2, 0.25) is 0 Å². The Kier molecular flexibility index (Phi) is 5.02. The van der Waals surface area contributed by atoms with Crippen LogP contribution in [0, 0.1) is 0 Å². The molecule has 1 aliphatic rings. The molecule has 1 heterocycles. The average Bonchev–Trinajstić information content (AvgIpc) is 2.46. The summed E-state index contributed by atoms with van der Waals surface area (Å²) in [6, 6.07) is 8.89. The molecule has 1 atom stereocenters. The molecule has 100 valence electrons. The van der Waals surface area contributed by atoms with Gasteiger partial charge in [0, 0.05) is 25.3 Å². The molecular weight excluding hydrogens is 224 g/mol. The van der Waals surface area contributed by atoms with Crippen molar-refractivity contribution >= 4 is 5.69 Å². The van der Waals surface area contributed by atoms with E-state index in [0.717, 1.165) is 39.2 Å². The van der Waals surface area contributed by atoms with Crippen LogP contribution in [0.25, 0.3) is 0 Å². The van der Waals surface area contributed by atoms with Crippen LogP contribution in [0.3, 0.4) is 0 Å². The molecule has 1 fully saturated rings. The minimum Gasteiger partial charge on any atom is -0.375 e. The molecule has 3 heteroatoms. The van der Waals surface area contributed by atoms with E-state index in [1.807, 2.05) is 0 Å². The first kappa shape index (κ1) is 13.4. The van der Waals surface area contributed by atoms with E-state index in [0.29, 0.717) is 6.10 Å². The molecule has 0 amide bonds. The molecule has 1 saturated heterocycles. The Hall–Kier alpha value is -1.06. The number of benzene rings is 1. The molecule has 0 aliphatic carbocycles. The van der Waals surface area contributed by atoms with Gasteiger partial charge in [0.25, 0.3) is 0 Å². The molecule has 0 radical (unpaired) electrons. The Balaban J connectivity index is 1.96. The third-order valence-electron chi connectivity index (χ3n) is 3.47. The van der Waals surface area contributed by atoms with Gasteiger partial charge in [0.15, 0.2) is 0 Å². The summed E-state index contributed by atoms with van der Waals surface area (Å²) >= 11 is 0. The van der Waals surface area contributed by atoms with Gasteiger partial charge in [-0.05, 0) is 30.7 Å². The number of ether oxygens (including phenoxy) is 1. The molecule has 0 bridgehead atoms. The largest absolute Gasteiger partial charge is 0.375 e. The summed E-state index contributed by atoms with van der Waals surface area (Å²) < 4.78 is 5.70. The lowest BCUT2D eigenvalue weighted by atomic mass is 10.1. The number of nitrogens with zero attached hydrogens (tertiary/aromatic N) is 1. The van der Waals surface area contributed by atoms with Gasteiger partial charge < -0.3 is 15.0 Å². The molecule has 0 aromatic heterocycles. The van der Waals surface area contributed by atoms with Crippen LogP contribution >= 0.6 is 0 Å². The zero-order valence-electron chi connectivity index (χ0n) is 11.5. The number of rotatable bonds is 5. The molecule has 1 aromatic carbocycles. The third kappa shape index (κ3) is 3.47. The van der Waals surface area contributed by atoms with Crippen molar-refractivity contribution in [3.63, 3.8) is 0 Å². The van der Waals surface area contributed by atoms with Crippen molar-refractivity contribution in [2.75, 3.05) is 31.1 Å². The Bertz CT molecular complexity index is 350. The van der Waals surface area contributed by atoms with Gasteiger partial charge in [-0.1, -0.05) is 26.0 Å². The van der Waals surface area contributed by atoms with Crippen LogP contribution in [0.4, 0.5) is 5.69 Å². The number of morpholine rings is 1. The Morgan fingerprint density at radius 1 is 1.28 bits per heavy atom. The Morgan fingerprint density at radius 3 is 2.72 bits per heavy atom. The fraction of sp³-hybridized carbons (Fsp3) is 0.600. The highest BCUT2D eigenvalue weighted by molar-refractivity contribution is 5.48. The summed E-state index contributed by atoms with van der Waals surface area (Å²) in [6.07, 6.45) is 1.48. The molecule has 0 spiro atoms. The molecule has 1 unspecified atom stereocenters. The van der Waals surface area contributed by atoms with Crippen molar-refractivity contribution in [2.45, 2.75) is 32.9 Å². The normalized spacial score (nSPS) is 20.1. The van der Waals surface area contributed by atoms with E-state index in [4.69, 9.17) is 4.74 Å². The summed E-state index contributed by atoms with van der Waals surface area (Å²) in [5, 5.41) is 3.35. The summed E-state index contributed by atoms with van der Waals surface area (Å²) in [5.41, 5.74) is 2.66. The summed E-state index contributed by atoms with van der Waals surface area (Å²) in [4.78, 5) is 2.43. The summed E-state index contributed by atoms with van der Waals surface area (Å²) in [5.74, 6) is 0. The average molecular weight is 248 g/mol. The second-order valence-electron chi connectivity index (χ2n) is 4.79. The van der Waals surface area contributed by atoms with E-state index in [2.05, 4.69) is 48.3 Å². The summed E-state index contributed by atoms with van der Waals surface area (Å²) in [7, 11) is 0. The zero-order chi connectivity index (χ0) is 12.8. The second-order valence-corrected chi connectivity index (χ2v) is 4.79. The van der Waals surface area contributed by atoms with E-state index in [1.165, 1.54) is 11.3 Å². The van der Waals surface area contributed by atoms with E-state index < -0.39 is 0 Å². The van der Waals surface area contributed by atoms with Crippen molar-refractivity contribution in [2.24, 2.45) is 0 Å². The van der Waals surface area contributed by atoms with Crippen LogP contribution in [0.5, 0.6) is 0 Å². The molecule has 18 heavy (non-hydrogen) atoms. The maximum atomic E-state index is 5.70. The second kappa shape index (κ2) is 6.76. The van der Waals surface area contributed by atoms with Crippen LogP contribution in [0.15, 0.2) is 24.3 Å². The number of hydrogen-bond donors (Lipinski definition) is 1. The highest BCUT2D eigenvalue weighted by Crippen LogP contribution is 2.19. The van der Waals surface area contributed by atoms with Gasteiger partial charge in [0.1, 0.15) is 0 Å². The number of anilines is 1. The maximum Gasteiger partial charge on any atom is 0.0748 e. The van der Waals surface area contributed by atoms with Crippen molar-refractivity contribution < 1.29 is 4.74 Å². The predicted molar refractivity (Wildman–Crippen MR) is 76.1 cm³/mol. The molecule has 1 aromatic rings. The minimum atomic E-state index is 0.389. The van der Waals surface area contributed by atoms with E-state index >= 15 is 0 Å². The van der Waals surface area contributed by atoms with Gasteiger partial charge in [-0.2, -0.15) is 0 Å². The molecule has 0 saturated carbocycles. The predicted octanol–water partition coefficient (Wildman–Crippen LogP) is 2.41. The first-order valence-corrected chi connectivity index (χ1v) is 6.99. The Morgan fingerprint density at radius 2 is 2.06 bits per heavy atom. The van der Waals surface area contributed by atoms with Crippen molar-refractivity contribution in [1.29, 1.82) is 0 Å². The maximum absolute atomic E-state index is 5.70. The number of nitrogens with one attached hydrogen (secondary N) is 1. The van der Waals surface area contributed by atoms with Gasteiger partial charge >= 0.3 is 0 Å². The fourth-order valence-corrected chi connectivity index (χ4v) is 2.29. The van der Waals surface area contributed by atoms with Gasteiger partial charge in [-0.15, -0.1) is 0 Å². The molecule has 1 N–H and O–H groups in total. The summed E-state index contributed by atoms with van der Waals surface area (Å²) in [6.45, 7) is 9.16. The van der Waals surface area contributed by atoms with E-state index in [9.17, 15) is 0 Å². The van der Waals surface area contributed by atoms with Gasteiger partial charge in [-0.25, -0.2) is 0 Å². The van der Waals surface area contributed by atoms with Crippen LogP contribution < -0.4 is 10.2 Å². The van der Waals surface area contributed by atoms with E-state index in [-0.39, 0.29) is 0 Å². The van der Waals surface area contributed by atoms with Crippen molar-refractivity contribution in [1.82, 2.24) is 5.32 Å². The van der Waals surface area contributed by atoms with Crippen LogP contribution in [0.2, 0.25) is 0 Å². The van der Waals surface area contributed by atoms with Crippen LogP contribution in [0.1, 0.15) is 25.8 Å². The first-order valence-electron chi connectivity index (χ1n) is 6.99. The Labute approximate surface area is 110 Å². The lowest BCUT2D eigenvalue weighted by molar-refractivity contribution is 0.0384. The topological polar surface area (TPSA) is 24.5 Å². The van der Waals surface area contributed by atoms with Crippen LogP contribution in [-0.4, -0.2) is 32.3 Å². The first-order chi connectivity index (χ1) is 8.83. The smallest absolute Gasteiger partial charge is 0.0748 e. The lowest BCUT2D eigenvalue weighted by Gasteiger charge is -2.34. The van der Waals surface area contributed by atoms with Gasteiger partial charge in [-0.3, -0.25) is 0 Å². The standard InChI is InChI=1S/C15H24N2O/c1-3-15-12-17(9-10-18-15)14-7-5-13(6-8-14)11-16-4-2/h5-8,15-16H,3-4,9-12H2,1-2H3. The van der Waals surface area contributed by atoms with Crippen molar-refractivity contribution in [3.05, 3.63) is 29.8 Å². The third-order valence-corrected chi connectivity index (χ3v) is 3.47. The molecule has 2 rings (SSSR count). The zero-order valence-corrected chi connectivity index (χ0v) is 11.5. The van der Waals surface area contributed by atoms with Crippen molar-refractivity contribution in [3.8, 4) is 0 Å². The molecule has 1 aliphatic heterocycles. The SMILES string of the molecule is CCNCc1ccc(N2CCOC(CC)C2)cc1. The quantitative estimate of drug-likeness (QED) is 0.866. The van der Waals surface area contributed by atoms with Crippen LogP contribution in [-0.2, 0) is 11.3 Å². The molecule has 3 nitrogen and oxygen atoms in total. The monoisotopic (exact) mass is 248 g/mol. The molecular formula is C15H24N2O. The minimum absolute atomic E-state index is 0.389. The van der Waals surface area contributed by atoms with E-state index in [1.54, 1.807) is 0 Å². The lowest BCUT2D eigenvalue weighted by Crippen LogP contribution is -2.42.